The van der Waals surface area contributed by atoms with Crippen molar-refractivity contribution >= 4 is 0 Å². The summed E-state index contributed by atoms with van der Waals surface area (Å²) in [5, 5.41) is 0. The number of nitrogens with zero attached hydrogens (tertiary/aromatic N) is 2. The molecule has 3 heteroatoms. The number of hydrogen-bond acceptors (Lipinski definition) is 3. The van der Waals surface area contributed by atoms with Crippen LogP contribution < -0.4 is 5.73 Å². The fourth-order valence-corrected chi connectivity index (χ4v) is 2.68. The van der Waals surface area contributed by atoms with E-state index in [0.717, 1.165) is 0 Å². The van der Waals surface area contributed by atoms with Crippen LogP contribution in [-0.4, -0.2) is 55.1 Å². The summed E-state index contributed by atoms with van der Waals surface area (Å²) >= 11 is 0. The second-order valence-corrected chi connectivity index (χ2v) is 4.93. The smallest absolute Gasteiger partial charge is 0.0234 e. The lowest BCUT2D eigenvalue weighted by molar-refractivity contribution is 0.130. The molecule has 0 aromatic heterocycles. The predicted molar refractivity (Wildman–Crippen MR) is 59.3 cm³/mol. The van der Waals surface area contributed by atoms with E-state index in [1.807, 2.05) is 0 Å². The second kappa shape index (κ2) is 4.60. The second-order valence-electron chi connectivity index (χ2n) is 4.93. The van der Waals surface area contributed by atoms with Crippen LogP contribution in [0, 0.1) is 0 Å². The molecule has 2 atom stereocenters. The van der Waals surface area contributed by atoms with Gasteiger partial charge in [0.1, 0.15) is 0 Å². The number of likely N-dealkylation sites (tertiary alicyclic amines) is 2. The Morgan fingerprint density at radius 3 is 2.64 bits per heavy atom. The first-order valence-corrected chi connectivity index (χ1v) is 5.94. The minimum atomic E-state index is 0.443. The highest BCUT2D eigenvalue weighted by molar-refractivity contribution is 4.84. The van der Waals surface area contributed by atoms with Gasteiger partial charge in [-0.3, -0.25) is 0 Å². The van der Waals surface area contributed by atoms with Gasteiger partial charge in [0.2, 0.25) is 0 Å². The molecule has 2 N–H and O–H groups in total. The van der Waals surface area contributed by atoms with Crippen LogP contribution in [0.5, 0.6) is 0 Å². The maximum absolute atomic E-state index is 6.02. The zero-order chi connectivity index (χ0) is 9.97. The fraction of sp³-hybridized carbons (Fsp3) is 1.00. The molecule has 82 valence electrons. The van der Waals surface area contributed by atoms with Crippen molar-refractivity contribution in [1.29, 1.82) is 0 Å². The third-order valence-corrected chi connectivity index (χ3v) is 3.72. The van der Waals surface area contributed by atoms with Gasteiger partial charge >= 0.3 is 0 Å². The fourth-order valence-electron chi connectivity index (χ4n) is 2.68. The lowest BCUT2D eigenvalue weighted by Gasteiger charge is -2.37. The summed E-state index contributed by atoms with van der Waals surface area (Å²) in [6.45, 7) is 5.03. The third kappa shape index (κ3) is 2.47. The van der Waals surface area contributed by atoms with E-state index in [2.05, 4.69) is 16.8 Å². The molecule has 2 aliphatic heterocycles. The number of rotatable bonds is 2. The van der Waals surface area contributed by atoms with Gasteiger partial charge in [-0.15, -0.1) is 0 Å². The lowest BCUT2D eigenvalue weighted by Crippen LogP contribution is -2.49. The topological polar surface area (TPSA) is 32.5 Å². The van der Waals surface area contributed by atoms with E-state index < -0.39 is 0 Å². The summed E-state index contributed by atoms with van der Waals surface area (Å²) < 4.78 is 0. The van der Waals surface area contributed by atoms with Crippen LogP contribution in [0.4, 0.5) is 0 Å². The van der Waals surface area contributed by atoms with Crippen molar-refractivity contribution < 1.29 is 0 Å². The molecule has 14 heavy (non-hydrogen) atoms. The van der Waals surface area contributed by atoms with E-state index in [1.165, 1.54) is 51.9 Å². The molecule has 0 amide bonds. The summed E-state index contributed by atoms with van der Waals surface area (Å²) in [4.78, 5) is 5.08. The summed E-state index contributed by atoms with van der Waals surface area (Å²) in [6, 6.07) is 1.15. The Balaban J connectivity index is 1.82. The number of hydrogen-bond donors (Lipinski definition) is 1. The van der Waals surface area contributed by atoms with Gasteiger partial charge in [0.25, 0.3) is 0 Å². The first kappa shape index (κ1) is 10.4. The van der Waals surface area contributed by atoms with Crippen LogP contribution >= 0.6 is 0 Å². The molecule has 2 heterocycles. The molecule has 0 bridgehead atoms. The molecule has 2 unspecified atom stereocenters. The molecule has 2 rings (SSSR count). The highest BCUT2D eigenvalue weighted by Gasteiger charge is 2.26. The average molecular weight is 197 g/mol. The normalized spacial score (nSPS) is 36.4. The Hall–Kier alpha value is -0.120. The Bertz CT molecular complexity index is 177. The molecule has 0 aromatic carbocycles. The summed E-state index contributed by atoms with van der Waals surface area (Å²) in [5.41, 5.74) is 6.02. The van der Waals surface area contributed by atoms with Crippen LogP contribution in [0.1, 0.15) is 25.7 Å². The van der Waals surface area contributed by atoms with E-state index in [-0.39, 0.29) is 0 Å². The molecule has 0 aliphatic carbocycles. The Kier molecular flexibility index (Phi) is 3.42. The molecule has 0 saturated carbocycles. The molecular weight excluding hydrogens is 174 g/mol. The van der Waals surface area contributed by atoms with Crippen LogP contribution in [-0.2, 0) is 0 Å². The van der Waals surface area contributed by atoms with Crippen molar-refractivity contribution in [3.63, 3.8) is 0 Å². The molecule has 2 saturated heterocycles. The maximum Gasteiger partial charge on any atom is 0.0234 e. The summed E-state index contributed by atoms with van der Waals surface area (Å²) in [6.07, 6.45) is 5.14. The van der Waals surface area contributed by atoms with E-state index in [9.17, 15) is 0 Å². The van der Waals surface area contributed by atoms with Gasteiger partial charge in [0, 0.05) is 18.6 Å². The standard InChI is InChI=1S/C11H23N3/c1-13-7-4-10(12)8-11(13)9-14-5-2-3-6-14/h10-11H,2-9,12H2,1H3. The first-order valence-electron chi connectivity index (χ1n) is 5.94. The SMILES string of the molecule is CN1CCC(N)CC1CN1CCCC1. The van der Waals surface area contributed by atoms with Crippen molar-refractivity contribution in [2.75, 3.05) is 33.2 Å². The van der Waals surface area contributed by atoms with Gasteiger partial charge in [0.15, 0.2) is 0 Å². The zero-order valence-electron chi connectivity index (χ0n) is 9.28. The van der Waals surface area contributed by atoms with Crippen molar-refractivity contribution in [1.82, 2.24) is 9.80 Å². The Morgan fingerprint density at radius 2 is 1.93 bits per heavy atom. The van der Waals surface area contributed by atoms with Gasteiger partial charge in [-0.1, -0.05) is 0 Å². The third-order valence-electron chi connectivity index (χ3n) is 3.72. The van der Waals surface area contributed by atoms with Crippen molar-refractivity contribution in [3.05, 3.63) is 0 Å². The van der Waals surface area contributed by atoms with Crippen LogP contribution in [0.25, 0.3) is 0 Å². The number of likely N-dealkylation sites (N-methyl/N-ethyl adjacent to an activating group) is 1. The Morgan fingerprint density at radius 1 is 1.21 bits per heavy atom. The molecule has 0 radical (unpaired) electrons. The minimum absolute atomic E-state index is 0.443. The minimum Gasteiger partial charge on any atom is -0.328 e. The molecule has 2 fully saturated rings. The molecule has 2 aliphatic rings. The maximum atomic E-state index is 6.02. The van der Waals surface area contributed by atoms with E-state index in [1.54, 1.807) is 0 Å². The monoisotopic (exact) mass is 197 g/mol. The van der Waals surface area contributed by atoms with E-state index in [0.29, 0.717) is 12.1 Å². The Labute approximate surface area is 87.2 Å². The molecular formula is C11H23N3. The van der Waals surface area contributed by atoms with Gasteiger partial charge in [0.05, 0.1) is 0 Å². The summed E-state index contributed by atoms with van der Waals surface area (Å²) in [7, 11) is 2.24. The number of nitrogens with two attached hydrogens (primary N) is 1. The van der Waals surface area contributed by atoms with Crippen molar-refractivity contribution in [2.45, 2.75) is 37.8 Å². The number of piperidine rings is 1. The largest absolute Gasteiger partial charge is 0.328 e. The highest BCUT2D eigenvalue weighted by atomic mass is 15.2. The van der Waals surface area contributed by atoms with Crippen LogP contribution in [0.3, 0.4) is 0 Å². The highest BCUT2D eigenvalue weighted by Crippen LogP contribution is 2.17. The van der Waals surface area contributed by atoms with Gasteiger partial charge < -0.3 is 15.5 Å². The summed E-state index contributed by atoms with van der Waals surface area (Å²) in [5.74, 6) is 0. The van der Waals surface area contributed by atoms with Gasteiger partial charge in [-0.2, -0.15) is 0 Å². The van der Waals surface area contributed by atoms with Crippen LogP contribution in [0.15, 0.2) is 0 Å². The molecule has 3 nitrogen and oxygen atoms in total. The van der Waals surface area contributed by atoms with Gasteiger partial charge in [-0.25, -0.2) is 0 Å². The zero-order valence-corrected chi connectivity index (χ0v) is 9.28. The van der Waals surface area contributed by atoms with E-state index in [4.69, 9.17) is 5.73 Å². The van der Waals surface area contributed by atoms with Crippen molar-refractivity contribution in [3.8, 4) is 0 Å². The predicted octanol–water partition coefficient (Wildman–Crippen LogP) is 0.504. The van der Waals surface area contributed by atoms with E-state index >= 15 is 0 Å². The molecule has 0 aromatic rings. The lowest BCUT2D eigenvalue weighted by atomic mass is 9.98. The van der Waals surface area contributed by atoms with Crippen LogP contribution in [0.2, 0.25) is 0 Å². The first-order chi connectivity index (χ1) is 6.75. The molecule has 0 spiro atoms. The quantitative estimate of drug-likeness (QED) is 0.700. The van der Waals surface area contributed by atoms with Gasteiger partial charge in [-0.05, 0) is 52.4 Å². The average Bonchev–Trinajstić information content (AvgIpc) is 2.64. The van der Waals surface area contributed by atoms with Crippen molar-refractivity contribution in [2.24, 2.45) is 5.73 Å².